The molecule has 0 aromatic heterocycles. The molecule has 7 heteroatoms. The molecule has 0 aliphatic rings. The quantitative estimate of drug-likeness (QED) is 0.834. The van der Waals surface area contributed by atoms with Gasteiger partial charge in [0, 0.05) is 6.26 Å². The Hall–Kier alpha value is -0.920. The first-order valence-electron chi connectivity index (χ1n) is 5.46. The average Bonchev–Trinajstić information content (AvgIpc) is 2.23. The predicted molar refractivity (Wildman–Crippen MR) is 68.0 cm³/mol. The van der Waals surface area contributed by atoms with Crippen molar-refractivity contribution < 1.29 is 21.4 Å². The van der Waals surface area contributed by atoms with Crippen molar-refractivity contribution in [2.45, 2.75) is 36.0 Å². The first kappa shape index (κ1) is 15.1. The molecule has 0 amide bonds. The number of rotatable bonds is 5. The van der Waals surface area contributed by atoms with Gasteiger partial charge in [-0.2, -0.15) is 8.42 Å². The number of hydrogen-bond acceptors (Lipinski definition) is 4. The summed E-state index contributed by atoms with van der Waals surface area (Å²) >= 11 is 0. The van der Waals surface area contributed by atoms with E-state index in [4.69, 9.17) is 4.55 Å². The molecule has 0 spiro atoms. The molecule has 0 saturated carbocycles. The molecule has 102 valence electrons. The van der Waals surface area contributed by atoms with Gasteiger partial charge in [0.1, 0.15) is 4.90 Å². The van der Waals surface area contributed by atoms with E-state index in [9.17, 15) is 16.8 Å². The van der Waals surface area contributed by atoms with Crippen molar-refractivity contribution in [1.29, 1.82) is 0 Å². The Morgan fingerprint density at radius 2 is 1.72 bits per heavy atom. The van der Waals surface area contributed by atoms with E-state index in [0.29, 0.717) is 6.42 Å². The highest BCUT2D eigenvalue weighted by Crippen LogP contribution is 2.23. The maximum Gasteiger partial charge on any atom is 0.295 e. The van der Waals surface area contributed by atoms with E-state index in [1.807, 2.05) is 6.92 Å². The molecule has 0 unspecified atom stereocenters. The highest BCUT2D eigenvalue weighted by atomic mass is 32.2. The first-order chi connectivity index (χ1) is 8.16. The lowest BCUT2D eigenvalue weighted by atomic mass is 10.1. The van der Waals surface area contributed by atoms with Crippen LogP contribution in [0.3, 0.4) is 0 Å². The molecular weight excluding hydrogens is 276 g/mol. The van der Waals surface area contributed by atoms with Crippen molar-refractivity contribution in [3.63, 3.8) is 0 Å². The van der Waals surface area contributed by atoms with Gasteiger partial charge in [-0.25, -0.2) is 8.42 Å². The number of aryl methyl sites for hydroxylation is 1. The Labute approximate surface area is 108 Å². The summed E-state index contributed by atoms with van der Waals surface area (Å²) < 4.78 is 54.3. The zero-order valence-corrected chi connectivity index (χ0v) is 11.9. The van der Waals surface area contributed by atoms with Crippen LogP contribution in [0, 0.1) is 0 Å². The number of sulfone groups is 1. The second-order valence-electron chi connectivity index (χ2n) is 4.13. The summed E-state index contributed by atoms with van der Waals surface area (Å²) in [6, 6.07) is 3.97. The third-order valence-corrected chi connectivity index (χ3v) is 4.68. The third-order valence-electron chi connectivity index (χ3n) is 2.50. The Balaban J connectivity index is 3.40. The van der Waals surface area contributed by atoms with Crippen molar-refractivity contribution in [3.8, 4) is 0 Å². The van der Waals surface area contributed by atoms with E-state index >= 15 is 0 Å². The Morgan fingerprint density at radius 3 is 2.17 bits per heavy atom. The molecule has 1 rings (SSSR count). The highest BCUT2D eigenvalue weighted by molar-refractivity contribution is 7.92. The summed E-state index contributed by atoms with van der Waals surface area (Å²) in [6.07, 6.45) is 3.42. The Morgan fingerprint density at radius 1 is 1.11 bits per heavy atom. The van der Waals surface area contributed by atoms with Crippen LogP contribution in [-0.2, 0) is 26.4 Å². The lowest BCUT2D eigenvalue weighted by Gasteiger charge is -2.08. The van der Waals surface area contributed by atoms with Gasteiger partial charge < -0.3 is 0 Å². The fourth-order valence-electron chi connectivity index (χ4n) is 1.59. The van der Waals surface area contributed by atoms with E-state index in [2.05, 4.69) is 0 Å². The Kier molecular flexibility index (Phi) is 4.52. The van der Waals surface area contributed by atoms with Crippen molar-refractivity contribution in [2.75, 3.05) is 6.26 Å². The molecule has 0 radical (unpaired) electrons. The van der Waals surface area contributed by atoms with Crippen molar-refractivity contribution in [1.82, 2.24) is 0 Å². The van der Waals surface area contributed by atoms with Gasteiger partial charge in [0.2, 0.25) is 0 Å². The fourth-order valence-corrected chi connectivity index (χ4v) is 3.71. The number of benzene rings is 1. The summed E-state index contributed by atoms with van der Waals surface area (Å²) in [7, 11) is -8.24. The van der Waals surface area contributed by atoms with Crippen molar-refractivity contribution in [2.24, 2.45) is 0 Å². The third kappa shape index (κ3) is 3.79. The van der Waals surface area contributed by atoms with Gasteiger partial charge in [-0.15, -0.1) is 0 Å². The van der Waals surface area contributed by atoms with Gasteiger partial charge in [-0.05, 0) is 30.5 Å². The van der Waals surface area contributed by atoms with Crippen LogP contribution in [0.15, 0.2) is 28.0 Å². The summed E-state index contributed by atoms with van der Waals surface area (Å²) in [5, 5.41) is 0. The van der Waals surface area contributed by atoms with Gasteiger partial charge in [0.25, 0.3) is 10.1 Å². The van der Waals surface area contributed by atoms with Gasteiger partial charge in [-0.3, -0.25) is 4.55 Å². The lowest BCUT2D eigenvalue weighted by molar-refractivity contribution is 0.480. The normalized spacial score (nSPS) is 12.6. The Bertz CT molecular complexity index is 629. The molecule has 0 atom stereocenters. The predicted octanol–water partition coefficient (Wildman–Crippen LogP) is 1.68. The minimum atomic E-state index is -4.53. The highest BCUT2D eigenvalue weighted by Gasteiger charge is 2.22. The molecular formula is C11H16O5S2. The van der Waals surface area contributed by atoms with Crippen LogP contribution in [0.4, 0.5) is 0 Å². The molecule has 0 bridgehead atoms. The zero-order chi connectivity index (χ0) is 14.0. The molecule has 1 N–H and O–H groups in total. The number of unbranched alkanes of at least 4 members (excludes halogenated alkanes) is 1. The summed E-state index contributed by atoms with van der Waals surface area (Å²) in [6.45, 7) is 2.00. The minimum absolute atomic E-state index is 0.349. The largest absolute Gasteiger partial charge is 0.295 e. The molecule has 5 nitrogen and oxygen atoms in total. The van der Waals surface area contributed by atoms with Gasteiger partial charge in [0.15, 0.2) is 9.84 Å². The van der Waals surface area contributed by atoms with Gasteiger partial charge in [-0.1, -0.05) is 19.4 Å². The van der Waals surface area contributed by atoms with Gasteiger partial charge in [0.05, 0.1) is 4.90 Å². The van der Waals surface area contributed by atoms with Crippen LogP contribution < -0.4 is 0 Å². The van der Waals surface area contributed by atoms with Crippen molar-refractivity contribution >= 4 is 20.0 Å². The summed E-state index contributed by atoms with van der Waals surface area (Å²) in [5.41, 5.74) is 0.740. The smallest absolute Gasteiger partial charge is 0.282 e. The maximum absolute atomic E-state index is 11.6. The SMILES string of the molecule is CCCCc1ccc(S(=O)(=O)O)c(S(C)(=O)=O)c1. The minimum Gasteiger partial charge on any atom is -0.282 e. The molecule has 0 heterocycles. The van der Waals surface area contributed by atoms with Crippen LogP contribution in [0.1, 0.15) is 25.3 Å². The van der Waals surface area contributed by atoms with E-state index in [1.165, 1.54) is 12.1 Å². The molecule has 0 aliphatic carbocycles. The molecule has 0 fully saturated rings. The average molecular weight is 292 g/mol. The maximum atomic E-state index is 11.6. The van der Waals surface area contributed by atoms with Crippen LogP contribution in [0.2, 0.25) is 0 Å². The van der Waals surface area contributed by atoms with Crippen LogP contribution in [0.25, 0.3) is 0 Å². The second-order valence-corrected chi connectivity index (χ2v) is 7.51. The standard InChI is InChI=1S/C11H16O5S2/c1-3-4-5-9-6-7-10(18(14,15)16)11(8-9)17(2,12)13/h6-8H,3-5H2,1-2H3,(H,14,15,16). The topological polar surface area (TPSA) is 88.5 Å². The number of hydrogen-bond donors (Lipinski definition) is 1. The van der Waals surface area contributed by atoms with Gasteiger partial charge >= 0.3 is 0 Å². The van der Waals surface area contributed by atoms with E-state index < -0.39 is 24.9 Å². The van der Waals surface area contributed by atoms with Crippen molar-refractivity contribution in [3.05, 3.63) is 23.8 Å². The summed E-state index contributed by atoms with van der Waals surface area (Å²) in [4.78, 5) is -0.913. The summed E-state index contributed by atoms with van der Waals surface area (Å²) in [5.74, 6) is 0. The van der Waals surface area contributed by atoms with Crippen LogP contribution in [0.5, 0.6) is 0 Å². The molecule has 0 saturated heterocycles. The van der Waals surface area contributed by atoms with Crippen LogP contribution in [-0.4, -0.2) is 27.6 Å². The molecule has 18 heavy (non-hydrogen) atoms. The van der Waals surface area contributed by atoms with E-state index in [-0.39, 0.29) is 4.90 Å². The second kappa shape index (κ2) is 5.38. The molecule has 1 aromatic rings. The first-order valence-corrected chi connectivity index (χ1v) is 8.80. The monoisotopic (exact) mass is 292 g/mol. The fraction of sp³-hybridized carbons (Fsp3) is 0.455. The molecule has 1 aromatic carbocycles. The molecule has 0 aliphatic heterocycles. The van der Waals surface area contributed by atoms with E-state index in [0.717, 1.165) is 30.7 Å². The lowest BCUT2D eigenvalue weighted by Crippen LogP contribution is -2.08. The van der Waals surface area contributed by atoms with Crippen LogP contribution >= 0.6 is 0 Å². The zero-order valence-electron chi connectivity index (χ0n) is 10.3. The van der Waals surface area contributed by atoms with E-state index in [1.54, 1.807) is 0 Å².